The highest BCUT2D eigenvalue weighted by Gasteiger charge is 2.47. The van der Waals surface area contributed by atoms with Crippen molar-refractivity contribution in [2.45, 2.75) is 25.8 Å². The van der Waals surface area contributed by atoms with E-state index < -0.39 is 17.7 Å². The van der Waals surface area contributed by atoms with Crippen molar-refractivity contribution in [3.8, 4) is 17.2 Å². The fourth-order valence-corrected chi connectivity index (χ4v) is 4.07. The largest absolute Gasteiger partial charge is 0.507 e. The minimum atomic E-state index is -0.833. The van der Waals surface area contributed by atoms with Crippen molar-refractivity contribution in [2.24, 2.45) is 0 Å². The van der Waals surface area contributed by atoms with E-state index in [1.807, 2.05) is 19.0 Å². The maximum Gasteiger partial charge on any atom is 0.295 e. The van der Waals surface area contributed by atoms with Crippen LogP contribution in [-0.2, 0) is 9.59 Å². The molecule has 1 fully saturated rings. The monoisotopic (exact) mass is 482 g/mol. The van der Waals surface area contributed by atoms with Gasteiger partial charge in [-0.15, -0.1) is 0 Å². The summed E-state index contributed by atoms with van der Waals surface area (Å²) in [5.74, 6) is -0.0977. The van der Waals surface area contributed by atoms with Crippen LogP contribution in [0.5, 0.6) is 17.2 Å². The van der Waals surface area contributed by atoms with Crippen molar-refractivity contribution < 1.29 is 28.9 Å². The summed E-state index contributed by atoms with van der Waals surface area (Å²) in [6, 6.07) is 11.3. The van der Waals surface area contributed by atoms with Crippen LogP contribution in [0.4, 0.5) is 0 Å². The predicted molar refractivity (Wildman–Crippen MR) is 134 cm³/mol. The number of likely N-dealkylation sites (tertiary alicyclic amines) is 1. The molecule has 1 amide bonds. The number of carbonyl (C=O) groups is 2. The second kappa shape index (κ2) is 11.8. The van der Waals surface area contributed by atoms with Gasteiger partial charge in [0, 0.05) is 24.2 Å². The Bertz CT molecular complexity index is 1080. The zero-order chi connectivity index (χ0) is 25.5. The van der Waals surface area contributed by atoms with Crippen LogP contribution in [0, 0.1) is 0 Å². The molecule has 1 saturated heterocycles. The molecule has 0 radical (unpaired) electrons. The molecule has 1 atom stereocenters. The van der Waals surface area contributed by atoms with E-state index in [9.17, 15) is 14.7 Å². The summed E-state index contributed by atoms with van der Waals surface area (Å²) >= 11 is 0. The molecule has 2 aromatic carbocycles. The van der Waals surface area contributed by atoms with Crippen LogP contribution in [0.1, 0.15) is 36.9 Å². The van der Waals surface area contributed by atoms with Gasteiger partial charge in [-0.25, -0.2) is 0 Å². The van der Waals surface area contributed by atoms with Crippen molar-refractivity contribution in [1.82, 2.24) is 9.80 Å². The van der Waals surface area contributed by atoms with Crippen molar-refractivity contribution in [1.29, 1.82) is 0 Å². The average molecular weight is 483 g/mol. The molecule has 0 aromatic heterocycles. The summed E-state index contributed by atoms with van der Waals surface area (Å²) in [6.07, 6.45) is 1.97. The number of methoxy groups -OCH3 is 2. The highest BCUT2D eigenvalue weighted by atomic mass is 16.5. The lowest BCUT2D eigenvalue weighted by atomic mass is 9.94. The van der Waals surface area contributed by atoms with E-state index in [0.29, 0.717) is 48.1 Å². The summed E-state index contributed by atoms with van der Waals surface area (Å²) in [5.41, 5.74) is 0.996. The van der Waals surface area contributed by atoms with Gasteiger partial charge in [0.2, 0.25) is 0 Å². The molecule has 0 aliphatic carbocycles. The van der Waals surface area contributed by atoms with Gasteiger partial charge >= 0.3 is 0 Å². The van der Waals surface area contributed by atoms with Gasteiger partial charge in [0.15, 0.2) is 11.5 Å². The Morgan fingerprint density at radius 3 is 2.37 bits per heavy atom. The number of carbonyl (C=O) groups excluding carboxylic acids is 2. The number of aliphatic hydroxyl groups is 1. The van der Waals surface area contributed by atoms with Crippen LogP contribution >= 0.6 is 0 Å². The zero-order valence-electron chi connectivity index (χ0n) is 21.0. The standard InChI is InChI=1S/C27H34N2O6/c1-6-7-17-35-19-13-11-18(12-14-19)24(30)22-23(20-9-8-10-21(33-4)26(20)34-5)29(16-15-28(2)3)27(32)25(22)31/h8-14,23,30H,6-7,15-17H2,1-5H3/t23-/m1/s1. The number of likely N-dealkylation sites (N-methyl/N-ethyl adjacent to an activating group) is 1. The Balaban J connectivity index is 2.11. The van der Waals surface area contributed by atoms with Crippen LogP contribution in [-0.4, -0.2) is 74.6 Å². The van der Waals surface area contributed by atoms with Crippen molar-refractivity contribution in [3.05, 3.63) is 59.2 Å². The van der Waals surface area contributed by atoms with E-state index in [4.69, 9.17) is 14.2 Å². The minimum Gasteiger partial charge on any atom is -0.507 e. The molecular formula is C27H34N2O6. The van der Waals surface area contributed by atoms with E-state index >= 15 is 0 Å². The van der Waals surface area contributed by atoms with Crippen LogP contribution in [0.2, 0.25) is 0 Å². The highest BCUT2D eigenvalue weighted by molar-refractivity contribution is 6.46. The van der Waals surface area contributed by atoms with E-state index in [-0.39, 0.29) is 11.3 Å². The molecule has 1 aliphatic heterocycles. The number of ketones is 1. The summed E-state index contributed by atoms with van der Waals surface area (Å²) in [4.78, 5) is 29.8. The van der Waals surface area contributed by atoms with Gasteiger partial charge < -0.3 is 29.1 Å². The second-order valence-corrected chi connectivity index (χ2v) is 8.60. The van der Waals surface area contributed by atoms with Crippen LogP contribution < -0.4 is 14.2 Å². The normalized spacial score (nSPS) is 17.2. The number of rotatable bonds is 11. The van der Waals surface area contributed by atoms with E-state index in [2.05, 4.69) is 6.92 Å². The molecule has 1 aliphatic rings. The fraction of sp³-hybridized carbons (Fsp3) is 0.407. The number of aliphatic hydroxyl groups excluding tert-OH is 1. The Morgan fingerprint density at radius 2 is 1.77 bits per heavy atom. The molecular weight excluding hydrogens is 448 g/mol. The van der Waals surface area contributed by atoms with Crippen LogP contribution in [0.3, 0.4) is 0 Å². The van der Waals surface area contributed by atoms with Gasteiger partial charge in [-0.2, -0.15) is 0 Å². The Morgan fingerprint density at radius 1 is 1.06 bits per heavy atom. The fourth-order valence-electron chi connectivity index (χ4n) is 4.07. The lowest BCUT2D eigenvalue weighted by Crippen LogP contribution is -2.35. The average Bonchev–Trinajstić information content (AvgIpc) is 3.11. The zero-order valence-corrected chi connectivity index (χ0v) is 21.0. The van der Waals surface area contributed by atoms with E-state index in [1.54, 1.807) is 42.5 Å². The number of benzene rings is 2. The van der Waals surface area contributed by atoms with Gasteiger partial charge in [0.25, 0.3) is 11.7 Å². The third kappa shape index (κ3) is 5.59. The summed E-state index contributed by atoms with van der Waals surface area (Å²) in [7, 11) is 6.81. The number of ether oxygens (including phenoxy) is 3. The summed E-state index contributed by atoms with van der Waals surface area (Å²) in [5, 5.41) is 11.3. The molecule has 0 spiro atoms. The smallest absolute Gasteiger partial charge is 0.295 e. The number of para-hydroxylation sites is 1. The molecule has 8 heteroatoms. The van der Waals surface area contributed by atoms with Crippen molar-refractivity contribution in [3.63, 3.8) is 0 Å². The van der Waals surface area contributed by atoms with Gasteiger partial charge in [0.05, 0.1) is 32.4 Å². The minimum absolute atomic E-state index is 0.0139. The molecule has 35 heavy (non-hydrogen) atoms. The lowest BCUT2D eigenvalue weighted by Gasteiger charge is -2.28. The third-order valence-corrected chi connectivity index (χ3v) is 5.95. The first kappa shape index (κ1) is 26.1. The number of nitrogens with zero attached hydrogens (tertiary/aromatic N) is 2. The molecule has 0 unspecified atom stereocenters. The summed E-state index contributed by atoms with van der Waals surface area (Å²) in [6.45, 7) is 3.53. The van der Waals surface area contributed by atoms with Gasteiger partial charge in [-0.3, -0.25) is 9.59 Å². The van der Waals surface area contributed by atoms with Gasteiger partial charge in [-0.1, -0.05) is 25.5 Å². The molecule has 2 aromatic rings. The maximum absolute atomic E-state index is 13.2. The molecule has 8 nitrogen and oxygen atoms in total. The number of amides is 1. The molecule has 0 bridgehead atoms. The van der Waals surface area contributed by atoms with Crippen molar-refractivity contribution >= 4 is 17.4 Å². The SMILES string of the molecule is CCCCOc1ccc(C(O)=C2C(=O)C(=O)N(CCN(C)C)[C@@H]2c2cccc(OC)c2OC)cc1. The lowest BCUT2D eigenvalue weighted by molar-refractivity contribution is -0.140. The first-order valence-electron chi connectivity index (χ1n) is 11.7. The topological polar surface area (TPSA) is 88.5 Å². The van der Waals surface area contributed by atoms with Crippen LogP contribution in [0.15, 0.2) is 48.0 Å². The molecule has 0 saturated carbocycles. The first-order chi connectivity index (χ1) is 16.8. The van der Waals surface area contributed by atoms with Gasteiger partial charge in [-0.05, 0) is 50.8 Å². The molecule has 188 valence electrons. The Hall–Kier alpha value is -3.52. The molecule has 1 heterocycles. The number of Topliss-reactive ketones (excluding diaryl/α,β-unsaturated/α-hetero) is 1. The third-order valence-electron chi connectivity index (χ3n) is 5.95. The van der Waals surface area contributed by atoms with Crippen molar-refractivity contribution in [2.75, 3.05) is 48.0 Å². The van der Waals surface area contributed by atoms with Crippen LogP contribution in [0.25, 0.3) is 5.76 Å². The Kier molecular flexibility index (Phi) is 8.76. The number of hydrogen-bond donors (Lipinski definition) is 1. The van der Waals surface area contributed by atoms with Gasteiger partial charge in [0.1, 0.15) is 11.5 Å². The Labute approximate surface area is 206 Å². The first-order valence-corrected chi connectivity index (χ1v) is 11.7. The number of hydrogen-bond acceptors (Lipinski definition) is 7. The molecule has 1 N–H and O–H groups in total. The number of unbranched alkanes of at least 4 members (excludes halogenated alkanes) is 1. The molecule has 3 rings (SSSR count). The highest BCUT2D eigenvalue weighted by Crippen LogP contribution is 2.45. The predicted octanol–water partition coefficient (Wildman–Crippen LogP) is 3.87. The quantitative estimate of drug-likeness (QED) is 0.225. The maximum atomic E-state index is 13.2. The van der Waals surface area contributed by atoms with E-state index in [0.717, 1.165) is 12.8 Å². The second-order valence-electron chi connectivity index (χ2n) is 8.60. The van der Waals surface area contributed by atoms with E-state index in [1.165, 1.54) is 19.1 Å². The summed E-state index contributed by atoms with van der Waals surface area (Å²) < 4.78 is 16.8.